The summed E-state index contributed by atoms with van der Waals surface area (Å²) in [4.78, 5) is 53.0. The Bertz CT molecular complexity index is 7780. The van der Waals surface area contributed by atoms with Crippen LogP contribution in [0.1, 0.15) is 68.9 Å². The van der Waals surface area contributed by atoms with Gasteiger partial charge >= 0.3 is 0 Å². The maximum absolute atomic E-state index is 5.89. The van der Waals surface area contributed by atoms with Gasteiger partial charge in [0.1, 0.15) is 44.9 Å². The van der Waals surface area contributed by atoms with E-state index in [0.29, 0.717) is 16.8 Å². The Morgan fingerprint density at radius 1 is 0.250 bits per heavy atom. The highest BCUT2D eigenvalue weighted by molar-refractivity contribution is 7.20. The standard InChI is InChI=1S/C12H12O.C10H11NO.2C10H10OS.2C9H8ClN.3C9H9NOS.3C8H7ClN2.C6H8OS/c1-9-3-4-11-8-12(13-2)6-5-10(11)7-9;1-7-5-8-6-9(12-2)3-4-10(8)11-7;1-7-5-8-6-9(11-2)3-4-10(8)12-7;1-7-5-8-3-4-9(11-2)6-10(8)12-7;1-6-4-7-5-8(10)2-3-9(7)11-6;1-6-2-3-7-8(10)5-11-9(7)4-6;1-6-3-8-9(12-6)4-7(11-2)5-10-8;1-6-5-7-8(12-6)3-4-9(10-7)11-2;1-6-5-7-3-4-8(11-2)10-9(7)12-6;1-5-2-8-6(3-10-5)7(9)4-11-8;1-5-2-6-3-7(9)4-10-8(6)11-5;1-5-2-3-6-7(9)4-10-8(6)11-5;1-5-3-4-6(7-2)8-5/h3-8H,1-2H3;3-6,11H,1-2H3;2*3-6H,1-2H3;2*2-5,11H,1H3;3*3-5H,1-2H3;2-4,11H,1H3;2*2-4H,1H3,(H,10,11);3-4H,1-2H3. The van der Waals surface area contributed by atoms with Crippen molar-refractivity contribution in [3.8, 4) is 45.6 Å². The number of aryl methyl sites for hydroxylation is 13. The van der Waals surface area contributed by atoms with Gasteiger partial charge in [0.15, 0.2) is 5.06 Å². The Kier molecular flexibility index (Phi) is 40.5. The molecule has 20 nitrogen and oxygen atoms in total. The van der Waals surface area contributed by atoms with Gasteiger partial charge < -0.3 is 67.8 Å². The van der Waals surface area contributed by atoms with Gasteiger partial charge in [-0.25, -0.2) is 19.9 Å². The summed E-state index contributed by atoms with van der Waals surface area (Å²) < 4.78 is 45.7. The first kappa shape index (κ1) is 111. The number of thiophene rings is 6. The molecule has 0 radical (unpaired) electrons. The highest BCUT2D eigenvalue weighted by Gasteiger charge is 2.11. The van der Waals surface area contributed by atoms with E-state index < -0.39 is 0 Å². The van der Waals surface area contributed by atoms with Gasteiger partial charge in [-0.05, 0) is 305 Å². The lowest BCUT2D eigenvalue weighted by molar-refractivity contribution is 0.399. The van der Waals surface area contributed by atoms with Crippen molar-refractivity contribution >= 4 is 253 Å². The fourth-order valence-corrected chi connectivity index (χ4v) is 21.2. The minimum atomic E-state index is 0.677. The van der Waals surface area contributed by atoms with Crippen molar-refractivity contribution < 1.29 is 37.9 Å². The van der Waals surface area contributed by atoms with Crippen LogP contribution in [0.5, 0.6) is 45.6 Å². The molecular formula is C117H115Cl5N12O8S6. The second-order valence-corrected chi connectivity index (χ2v) is 43.7. The van der Waals surface area contributed by atoms with E-state index >= 15 is 0 Å². The van der Waals surface area contributed by atoms with Gasteiger partial charge in [0, 0.05) is 176 Å². The first-order valence-electron chi connectivity index (χ1n) is 46.6. The molecule has 0 aliphatic rings. The van der Waals surface area contributed by atoms with Gasteiger partial charge in [0.25, 0.3) is 0 Å². The number of nitrogens with one attached hydrogen (secondary N) is 6. The molecule has 0 spiro atoms. The number of hydrogen-bond donors (Lipinski definition) is 6. The van der Waals surface area contributed by atoms with E-state index in [1.807, 2.05) is 186 Å². The second-order valence-electron chi connectivity index (χ2n) is 33.9. The van der Waals surface area contributed by atoms with Crippen molar-refractivity contribution in [3.05, 3.63) is 374 Å². The number of ether oxygens (including phenoxy) is 8. The smallest absolute Gasteiger partial charge is 0.214 e. The van der Waals surface area contributed by atoms with Gasteiger partial charge in [-0.15, -0.1) is 68.0 Å². The van der Waals surface area contributed by atoms with Crippen LogP contribution in [0.3, 0.4) is 0 Å². The lowest BCUT2D eigenvalue weighted by atomic mass is 10.1. The third-order valence-electron chi connectivity index (χ3n) is 22.2. The summed E-state index contributed by atoms with van der Waals surface area (Å²) in [6.45, 7) is 26.7. The number of H-pyrrole nitrogens is 6. The van der Waals surface area contributed by atoms with Crippen LogP contribution in [0.2, 0.25) is 25.1 Å². The summed E-state index contributed by atoms with van der Waals surface area (Å²) in [6, 6.07) is 81.4. The SMILES string of the molecule is COc1ccc(C)s1.COc1ccc2[nH]c(C)cc2c1.COc1ccc2cc(C)ccc2c1.COc1ccc2cc(C)sc2c1.COc1ccc2cc(C)sc2n1.COc1ccc2sc(C)cc2c1.COc1ccc2sc(C)cc2n1.COc1cnc2cc(C)sc2c1.Cc1cc2[nH]cc(Cl)c2cn1.Cc1cc2cc(Cl)ccc2[nH]1.Cc1cc2cc(Cl)cnc2[nH]1.Cc1ccc2c(Cl)c[nH]c2c1.Cc1ccc2c(Cl)c[nH]c2n1. The summed E-state index contributed by atoms with van der Waals surface area (Å²) in [5, 5.41) is 17.5. The number of pyridine rings is 6. The fraction of sp³-hybridized carbons (Fsp3) is 0.179. The van der Waals surface area contributed by atoms with E-state index in [-0.39, 0.29) is 0 Å². The Morgan fingerprint density at radius 2 is 0.743 bits per heavy atom. The van der Waals surface area contributed by atoms with Crippen LogP contribution in [-0.4, -0.2) is 117 Å². The molecule has 0 bridgehead atoms. The molecule has 0 amide bonds. The van der Waals surface area contributed by atoms with Gasteiger partial charge in [-0.3, -0.25) is 9.97 Å². The van der Waals surface area contributed by atoms with Gasteiger partial charge in [-0.2, -0.15) is 0 Å². The zero-order valence-corrected chi connectivity index (χ0v) is 94.5. The Labute approximate surface area is 909 Å². The largest absolute Gasteiger partial charge is 0.497 e. The van der Waals surface area contributed by atoms with E-state index in [0.717, 1.165) is 142 Å². The molecule has 0 fully saturated rings. The van der Waals surface area contributed by atoms with Crippen molar-refractivity contribution in [3.63, 3.8) is 0 Å². The molecule has 25 aromatic rings. The number of benzene rings is 7. The molecule has 31 heteroatoms. The highest BCUT2D eigenvalue weighted by Crippen LogP contribution is 2.35. The molecule has 18 heterocycles. The average molecular weight is 2190 g/mol. The number of nitrogens with zero attached hydrogens (tertiary/aromatic N) is 6. The van der Waals surface area contributed by atoms with E-state index in [1.54, 1.807) is 145 Å². The summed E-state index contributed by atoms with van der Waals surface area (Å²) >= 11 is 39.6. The van der Waals surface area contributed by atoms with E-state index in [2.05, 4.69) is 224 Å². The summed E-state index contributed by atoms with van der Waals surface area (Å²) in [5.74, 6) is 5.87. The topological polar surface area (TPSA) is 246 Å². The molecule has 0 unspecified atom stereocenters. The predicted molar refractivity (Wildman–Crippen MR) is 633 cm³/mol. The van der Waals surface area contributed by atoms with Crippen LogP contribution in [0.25, 0.3) is 127 Å². The molecule has 762 valence electrons. The van der Waals surface area contributed by atoms with Crippen molar-refractivity contribution in [1.82, 2.24) is 59.8 Å². The average Bonchev–Trinajstić information content (AvgIpc) is 1.82. The summed E-state index contributed by atoms with van der Waals surface area (Å²) in [6.07, 6.45) is 10.5. The third kappa shape index (κ3) is 31.9. The normalized spacial score (nSPS) is 10.5. The van der Waals surface area contributed by atoms with Gasteiger partial charge in [0.05, 0.1) is 109 Å². The molecule has 18 aromatic heterocycles. The van der Waals surface area contributed by atoms with Crippen molar-refractivity contribution in [1.29, 1.82) is 0 Å². The predicted octanol–water partition coefficient (Wildman–Crippen LogP) is 35.8. The lowest BCUT2D eigenvalue weighted by Crippen LogP contribution is -1.84. The Balaban J connectivity index is 0.000000134. The zero-order chi connectivity index (χ0) is 106. The number of aromatic amines is 6. The van der Waals surface area contributed by atoms with E-state index in [1.165, 1.54) is 108 Å². The minimum Gasteiger partial charge on any atom is -0.497 e. The number of fused-ring (bicyclic) bond motifs is 12. The fourth-order valence-electron chi connectivity index (χ4n) is 15.1. The molecular weight excluding hydrogens is 2070 g/mol. The molecule has 0 saturated heterocycles. The molecule has 7 aromatic carbocycles. The Hall–Kier alpha value is -13.7. The van der Waals surface area contributed by atoms with Crippen LogP contribution >= 0.6 is 126 Å². The first-order valence-corrected chi connectivity index (χ1v) is 53.4. The van der Waals surface area contributed by atoms with Crippen LogP contribution in [0, 0.1) is 90.0 Å². The maximum atomic E-state index is 5.89. The second kappa shape index (κ2) is 53.8. The first-order chi connectivity index (χ1) is 71.2. The van der Waals surface area contributed by atoms with E-state index in [4.69, 9.17) is 95.9 Å². The number of aromatic nitrogens is 12. The Morgan fingerprint density at radius 3 is 1.42 bits per heavy atom. The molecule has 0 saturated carbocycles. The van der Waals surface area contributed by atoms with Crippen molar-refractivity contribution in [2.45, 2.75) is 90.0 Å². The highest BCUT2D eigenvalue weighted by atomic mass is 35.5. The van der Waals surface area contributed by atoms with Gasteiger partial charge in [-0.1, -0.05) is 100.0 Å². The number of halogens is 5. The minimum absolute atomic E-state index is 0.677. The molecule has 148 heavy (non-hydrogen) atoms. The molecule has 0 aliphatic heterocycles. The zero-order valence-electron chi connectivity index (χ0n) is 85.8. The lowest BCUT2D eigenvalue weighted by Gasteiger charge is -2.02. The van der Waals surface area contributed by atoms with Crippen molar-refractivity contribution in [2.75, 3.05) is 56.9 Å². The quantitative estimate of drug-likeness (QED) is 0.0829. The van der Waals surface area contributed by atoms with Crippen molar-refractivity contribution in [2.24, 2.45) is 0 Å². The number of hydrogen-bond acceptors (Lipinski definition) is 20. The number of methoxy groups -OCH3 is 8. The van der Waals surface area contributed by atoms with Crippen LogP contribution in [-0.2, 0) is 0 Å². The van der Waals surface area contributed by atoms with Crippen LogP contribution in [0.4, 0.5) is 0 Å². The van der Waals surface area contributed by atoms with Crippen LogP contribution in [0.15, 0.2) is 280 Å². The van der Waals surface area contributed by atoms with Gasteiger partial charge in [0.2, 0.25) is 11.8 Å². The van der Waals surface area contributed by atoms with Crippen LogP contribution < -0.4 is 37.9 Å². The summed E-state index contributed by atoms with van der Waals surface area (Å²) in [5.41, 5.74) is 16.3. The number of rotatable bonds is 8. The summed E-state index contributed by atoms with van der Waals surface area (Å²) in [7, 11) is 13.4. The van der Waals surface area contributed by atoms with E-state index in [9.17, 15) is 0 Å². The molecule has 0 atom stereocenters. The molecule has 0 aliphatic carbocycles. The molecule has 25 rings (SSSR count). The monoisotopic (exact) mass is 2180 g/mol. The maximum Gasteiger partial charge on any atom is 0.214 e. The third-order valence-corrected chi connectivity index (χ3v) is 29.5. The molecule has 6 N–H and O–H groups in total.